The lowest BCUT2D eigenvalue weighted by atomic mass is 10.1. The number of morpholine rings is 1. The summed E-state index contributed by atoms with van der Waals surface area (Å²) in [6, 6.07) is 8.72. The fraction of sp³-hybridized carbons (Fsp3) is 0.591. The molecular weight excluding hydrogens is 354 g/mol. The van der Waals surface area contributed by atoms with Gasteiger partial charge in [0.15, 0.2) is 0 Å². The monoisotopic (exact) mass is 385 g/mol. The summed E-state index contributed by atoms with van der Waals surface area (Å²) in [6.45, 7) is 7.35. The van der Waals surface area contributed by atoms with Crippen LogP contribution in [0, 0.1) is 0 Å². The maximum Gasteiger partial charge on any atom is 0.143 e. The standard InChI is InChI=1S/C22H31N3O3/c1-2-6-21(28-14-4-3-10-24-12-17-27-18-13-24)20(5-1)22-23-9-11-25(22)19-7-15-26-16-8-19/h1-2,5-6,9,11,19H,3-4,7-8,10,12-18H2. The summed E-state index contributed by atoms with van der Waals surface area (Å²) in [5.41, 5.74) is 1.08. The molecule has 1 aromatic heterocycles. The van der Waals surface area contributed by atoms with Crippen molar-refractivity contribution in [1.29, 1.82) is 0 Å². The fourth-order valence-electron chi connectivity index (χ4n) is 4.00. The number of nitrogens with zero attached hydrogens (tertiary/aromatic N) is 3. The zero-order valence-corrected chi connectivity index (χ0v) is 16.6. The van der Waals surface area contributed by atoms with Crippen LogP contribution in [0.4, 0.5) is 0 Å². The largest absolute Gasteiger partial charge is 0.493 e. The second kappa shape index (κ2) is 10.0. The van der Waals surface area contributed by atoms with Crippen molar-refractivity contribution in [1.82, 2.24) is 14.5 Å². The van der Waals surface area contributed by atoms with Crippen LogP contribution in [0.25, 0.3) is 11.4 Å². The molecule has 6 heteroatoms. The van der Waals surface area contributed by atoms with Crippen molar-refractivity contribution in [3.63, 3.8) is 0 Å². The summed E-state index contributed by atoms with van der Waals surface area (Å²) in [4.78, 5) is 7.13. The van der Waals surface area contributed by atoms with Gasteiger partial charge in [0, 0.05) is 44.7 Å². The molecule has 0 bridgehead atoms. The average molecular weight is 386 g/mol. The second-order valence-corrected chi connectivity index (χ2v) is 7.51. The first kappa shape index (κ1) is 19.4. The molecule has 0 aliphatic carbocycles. The molecule has 6 nitrogen and oxygen atoms in total. The van der Waals surface area contributed by atoms with Gasteiger partial charge in [0.2, 0.25) is 0 Å². The van der Waals surface area contributed by atoms with E-state index < -0.39 is 0 Å². The zero-order chi connectivity index (χ0) is 19.0. The quantitative estimate of drug-likeness (QED) is 0.652. The third-order valence-electron chi connectivity index (χ3n) is 5.61. The number of rotatable bonds is 8. The van der Waals surface area contributed by atoms with Gasteiger partial charge in [0.25, 0.3) is 0 Å². The van der Waals surface area contributed by atoms with Gasteiger partial charge in [-0.3, -0.25) is 4.90 Å². The molecule has 2 saturated heterocycles. The molecule has 1 aromatic carbocycles. The second-order valence-electron chi connectivity index (χ2n) is 7.51. The SMILES string of the molecule is c1ccc(-c2nccn2C2CCOCC2)c(OCCCCN2CCOCC2)c1. The molecule has 0 unspecified atom stereocenters. The van der Waals surface area contributed by atoms with Crippen LogP contribution in [-0.4, -0.2) is 67.1 Å². The smallest absolute Gasteiger partial charge is 0.143 e. The van der Waals surface area contributed by atoms with Crippen LogP contribution in [0.1, 0.15) is 31.7 Å². The summed E-state index contributed by atoms with van der Waals surface area (Å²) in [5, 5.41) is 0. The number of hydrogen-bond acceptors (Lipinski definition) is 5. The highest BCUT2D eigenvalue weighted by molar-refractivity contribution is 5.64. The molecule has 0 saturated carbocycles. The molecule has 3 heterocycles. The number of unbranched alkanes of at least 4 members (excludes halogenated alkanes) is 1. The van der Waals surface area contributed by atoms with Gasteiger partial charge in [0.05, 0.1) is 25.4 Å². The Labute approximate surface area is 167 Å². The van der Waals surface area contributed by atoms with E-state index in [1.807, 2.05) is 12.3 Å². The highest BCUT2D eigenvalue weighted by Crippen LogP contribution is 2.32. The van der Waals surface area contributed by atoms with Crippen molar-refractivity contribution in [3.05, 3.63) is 36.7 Å². The minimum Gasteiger partial charge on any atom is -0.493 e. The maximum absolute atomic E-state index is 6.17. The van der Waals surface area contributed by atoms with E-state index in [4.69, 9.17) is 14.2 Å². The Morgan fingerprint density at radius 1 is 1.00 bits per heavy atom. The number of ether oxygens (including phenoxy) is 3. The van der Waals surface area contributed by atoms with E-state index in [0.717, 1.165) is 95.5 Å². The third kappa shape index (κ3) is 4.93. The molecule has 0 spiro atoms. The Kier molecular flexibility index (Phi) is 6.97. The van der Waals surface area contributed by atoms with Crippen LogP contribution in [0.5, 0.6) is 5.75 Å². The highest BCUT2D eigenvalue weighted by atomic mass is 16.5. The van der Waals surface area contributed by atoms with Gasteiger partial charge >= 0.3 is 0 Å². The van der Waals surface area contributed by atoms with E-state index >= 15 is 0 Å². The van der Waals surface area contributed by atoms with Crippen LogP contribution in [0.15, 0.2) is 36.7 Å². The Balaban J connectivity index is 1.34. The molecule has 2 aliphatic heterocycles. The van der Waals surface area contributed by atoms with Gasteiger partial charge in [-0.15, -0.1) is 0 Å². The first-order valence-electron chi connectivity index (χ1n) is 10.5. The van der Waals surface area contributed by atoms with E-state index in [9.17, 15) is 0 Å². The topological polar surface area (TPSA) is 48.8 Å². The molecule has 2 aromatic rings. The summed E-state index contributed by atoms with van der Waals surface area (Å²) < 4.78 is 19.4. The molecule has 0 N–H and O–H groups in total. The average Bonchev–Trinajstić information content (AvgIpc) is 3.25. The van der Waals surface area contributed by atoms with E-state index in [2.05, 4.69) is 38.8 Å². The van der Waals surface area contributed by atoms with Gasteiger partial charge in [-0.05, 0) is 44.4 Å². The van der Waals surface area contributed by atoms with E-state index in [-0.39, 0.29) is 0 Å². The third-order valence-corrected chi connectivity index (χ3v) is 5.61. The maximum atomic E-state index is 6.17. The van der Waals surface area contributed by atoms with E-state index in [1.165, 1.54) is 0 Å². The van der Waals surface area contributed by atoms with Gasteiger partial charge in [-0.2, -0.15) is 0 Å². The van der Waals surface area contributed by atoms with Gasteiger partial charge in [-0.25, -0.2) is 4.98 Å². The summed E-state index contributed by atoms with van der Waals surface area (Å²) in [7, 11) is 0. The molecular formula is C22H31N3O3. The van der Waals surface area contributed by atoms with Crippen molar-refractivity contribution in [2.45, 2.75) is 31.7 Å². The van der Waals surface area contributed by atoms with Crippen molar-refractivity contribution < 1.29 is 14.2 Å². The summed E-state index contributed by atoms with van der Waals surface area (Å²) in [6.07, 6.45) is 8.26. The number of benzene rings is 1. The summed E-state index contributed by atoms with van der Waals surface area (Å²) in [5.74, 6) is 1.92. The highest BCUT2D eigenvalue weighted by Gasteiger charge is 2.20. The molecule has 152 valence electrons. The van der Waals surface area contributed by atoms with Crippen LogP contribution in [0.2, 0.25) is 0 Å². The lowest BCUT2D eigenvalue weighted by Crippen LogP contribution is -2.36. The van der Waals surface area contributed by atoms with Gasteiger partial charge in [0.1, 0.15) is 11.6 Å². The first-order valence-corrected chi connectivity index (χ1v) is 10.5. The molecule has 0 amide bonds. The Hall–Kier alpha value is -1.89. The van der Waals surface area contributed by atoms with Crippen LogP contribution >= 0.6 is 0 Å². The van der Waals surface area contributed by atoms with Crippen molar-refractivity contribution >= 4 is 0 Å². The Morgan fingerprint density at radius 2 is 1.79 bits per heavy atom. The number of para-hydroxylation sites is 1. The number of imidazole rings is 1. The fourth-order valence-corrected chi connectivity index (χ4v) is 4.00. The predicted molar refractivity (Wildman–Crippen MR) is 109 cm³/mol. The molecule has 28 heavy (non-hydrogen) atoms. The van der Waals surface area contributed by atoms with Gasteiger partial charge in [-0.1, -0.05) is 12.1 Å². The van der Waals surface area contributed by atoms with E-state index in [0.29, 0.717) is 6.04 Å². The molecule has 0 atom stereocenters. The van der Waals surface area contributed by atoms with Crippen LogP contribution in [0.3, 0.4) is 0 Å². The molecule has 4 rings (SSSR count). The van der Waals surface area contributed by atoms with Crippen LogP contribution < -0.4 is 4.74 Å². The summed E-state index contributed by atoms with van der Waals surface area (Å²) >= 11 is 0. The predicted octanol–water partition coefficient (Wildman–Crippen LogP) is 3.39. The van der Waals surface area contributed by atoms with E-state index in [1.54, 1.807) is 0 Å². The minimum atomic E-state index is 0.452. The van der Waals surface area contributed by atoms with Crippen molar-refractivity contribution in [2.24, 2.45) is 0 Å². The number of aromatic nitrogens is 2. The number of hydrogen-bond donors (Lipinski definition) is 0. The first-order chi connectivity index (χ1) is 13.9. The minimum absolute atomic E-state index is 0.452. The van der Waals surface area contributed by atoms with Gasteiger partial charge < -0.3 is 18.8 Å². The lowest BCUT2D eigenvalue weighted by molar-refractivity contribution is 0.0368. The van der Waals surface area contributed by atoms with Crippen molar-refractivity contribution in [2.75, 3.05) is 52.7 Å². The lowest BCUT2D eigenvalue weighted by Gasteiger charge is -2.26. The molecule has 0 radical (unpaired) electrons. The Bertz CT molecular complexity index is 721. The normalized spacial score (nSPS) is 19.0. The molecule has 2 aliphatic rings. The van der Waals surface area contributed by atoms with Crippen LogP contribution in [-0.2, 0) is 9.47 Å². The zero-order valence-electron chi connectivity index (χ0n) is 16.6. The van der Waals surface area contributed by atoms with Crippen molar-refractivity contribution in [3.8, 4) is 17.1 Å². The Morgan fingerprint density at radius 3 is 2.64 bits per heavy atom. The molecule has 2 fully saturated rings.